The van der Waals surface area contributed by atoms with Gasteiger partial charge in [-0.05, 0) is 43.2 Å². The van der Waals surface area contributed by atoms with Crippen LogP contribution in [0.25, 0.3) is 11.0 Å². The molecule has 0 spiro atoms. The van der Waals surface area contributed by atoms with Gasteiger partial charge in [-0.2, -0.15) is 0 Å². The van der Waals surface area contributed by atoms with Gasteiger partial charge in [0.25, 0.3) is 5.91 Å². The molecule has 1 atom stereocenters. The number of amides is 1. The minimum atomic E-state index is -0.212. The third-order valence-electron chi connectivity index (χ3n) is 4.34. The fourth-order valence-corrected chi connectivity index (χ4v) is 3.08. The smallest absolute Gasteiger partial charge is 0.259 e. The van der Waals surface area contributed by atoms with Crippen molar-refractivity contribution in [1.82, 2.24) is 9.97 Å². The topological polar surface area (TPSA) is 76.2 Å². The first-order valence-corrected chi connectivity index (χ1v) is 8.30. The number of methoxy groups -OCH3 is 1. The summed E-state index contributed by atoms with van der Waals surface area (Å²) in [5.74, 6) is 1.18. The molecule has 0 aliphatic carbocycles. The van der Waals surface area contributed by atoms with Crippen LogP contribution in [0.4, 0.5) is 5.69 Å². The van der Waals surface area contributed by atoms with Crippen LogP contribution in [0.15, 0.2) is 42.5 Å². The maximum Gasteiger partial charge on any atom is 0.259 e. The number of carbonyl (C=O) groups is 1. The van der Waals surface area contributed by atoms with E-state index in [-0.39, 0.29) is 12.0 Å². The summed E-state index contributed by atoms with van der Waals surface area (Å²) in [6.45, 7) is 0.780. The van der Waals surface area contributed by atoms with E-state index in [1.54, 1.807) is 19.2 Å². The van der Waals surface area contributed by atoms with Gasteiger partial charge in [-0.25, -0.2) is 4.98 Å². The Morgan fingerprint density at radius 2 is 2.20 bits per heavy atom. The van der Waals surface area contributed by atoms with Crippen molar-refractivity contribution in [2.45, 2.75) is 18.9 Å². The Balaban J connectivity index is 1.58. The first kappa shape index (κ1) is 15.7. The molecule has 1 aromatic heterocycles. The van der Waals surface area contributed by atoms with Crippen molar-refractivity contribution < 1.29 is 14.3 Å². The zero-order valence-electron chi connectivity index (χ0n) is 13.9. The maximum absolute atomic E-state index is 12.5. The van der Waals surface area contributed by atoms with Gasteiger partial charge in [0.1, 0.15) is 17.7 Å². The summed E-state index contributed by atoms with van der Waals surface area (Å²) in [4.78, 5) is 20.4. The summed E-state index contributed by atoms with van der Waals surface area (Å²) in [6.07, 6.45) is 2.08. The van der Waals surface area contributed by atoms with E-state index in [1.165, 1.54) is 0 Å². The van der Waals surface area contributed by atoms with Crippen molar-refractivity contribution in [3.63, 3.8) is 0 Å². The van der Waals surface area contributed by atoms with Crippen LogP contribution in [0.3, 0.4) is 0 Å². The Morgan fingerprint density at radius 3 is 3.00 bits per heavy atom. The number of H-pyrrole nitrogens is 1. The highest BCUT2D eigenvalue weighted by Gasteiger charge is 2.21. The lowest BCUT2D eigenvalue weighted by Crippen LogP contribution is -2.13. The van der Waals surface area contributed by atoms with Crippen molar-refractivity contribution in [3.05, 3.63) is 53.9 Å². The SMILES string of the molecule is COc1ccccc1C(=O)Nc1ccc2nc([C@H]3CCCO3)[nH]c2c1. The first-order valence-electron chi connectivity index (χ1n) is 8.30. The molecule has 1 amide bonds. The minimum Gasteiger partial charge on any atom is -0.496 e. The lowest BCUT2D eigenvalue weighted by atomic mass is 10.2. The Kier molecular flexibility index (Phi) is 4.11. The van der Waals surface area contributed by atoms with Crippen LogP contribution in [0.1, 0.15) is 35.1 Å². The molecule has 1 saturated heterocycles. The summed E-state index contributed by atoms with van der Waals surface area (Å²) in [6, 6.07) is 12.8. The number of fused-ring (bicyclic) bond motifs is 1. The molecule has 2 heterocycles. The summed E-state index contributed by atoms with van der Waals surface area (Å²) >= 11 is 0. The van der Waals surface area contributed by atoms with E-state index < -0.39 is 0 Å². The highest BCUT2D eigenvalue weighted by atomic mass is 16.5. The normalized spacial score (nSPS) is 16.9. The number of aromatic nitrogens is 2. The van der Waals surface area contributed by atoms with E-state index in [4.69, 9.17) is 9.47 Å². The molecule has 2 N–H and O–H groups in total. The van der Waals surface area contributed by atoms with Crippen LogP contribution in [-0.4, -0.2) is 29.6 Å². The number of imidazole rings is 1. The Morgan fingerprint density at radius 1 is 1.32 bits per heavy atom. The molecule has 0 unspecified atom stereocenters. The number of hydrogen-bond donors (Lipinski definition) is 2. The third-order valence-corrected chi connectivity index (χ3v) is 4.34. The number of hydrogen-bond acceptors (Lipinski definition) is 4. The lowest BCUT2D eigenvalue weighted by Gasteiger charge is -2.09. The van der Waals surface area contributed by atoms with Crippen LogP contribution in [0.2, 0.25) is 0 Å². The number of benzene rings is 2. The van der Waals surface area contributed by atoms with Crippen LogP contribution >= 0.6 is 0 Å². The number of para-hydroxylation sites is 1. The van der Waals surface area contributed by atoms with Gasteiger partial charge >= 0.3 is 0 Å². The van der Waals surface area contributed by atoms with E-state index >= 15 is 0 Å². The molecule has 2 aromatic carbocycles. The molecule has 1 fully saturated rings. The van der Waals surface area contributed by atoms with Crippen molar-refractivity contribution in [2.24, 2.45) is 0 Å². The second-order valence-corrected chi connectivity index (χ2v) is 6.01. The molecule has 0 radical (unpaired) electrons. The number of carbonyl (C=O) groups excluding carboxylic acids is 1. The van der Waals surface area contributed by atoms with Gasteiger partial charge in [0.2, 0.25) is 0 Å². The number of rotatable bonds is 4. The summed E-state index contributed by atoms with van der Waals surface area (Å²) < 4.78 is 10.9. The van der Waals surface area contributed by atoms with Crippen LogP contribution in [0, 0.1) is 0 Å². The molecule has 128 valence electrons. The van der Waals surface area contributed by atoms with E-state index in [1.807, 2.05) is 30.3 Å². The van der Waals surface area contributed by atoms with Gasteiger partial charge < -0.3 is 19.8 Å². The van der Waals surface area contributed by atoms with E-state index in [9.17, 15) is 4.79 Å². The van der Waals surface area contributed by atoms with E-state index in [0.717, 1.165) is 36.3 Å². The summed E-state index contributed by atoms with van der Waals surface area (Å²) in [5, 5.41) is 2.91. The lowest BCUT2D eigenvalue weighted by molar-refractivity contribution is 0.102. The molecule has 0 bridgehead atoms. The van der Waals surface area contributed by atoms with Crippen molar-refractivity contribution in [3.8, 4) is 5.75 Å². The first-order chi connectivity index (χ1) is 12.2. The van der Waals surface area contributed by atoms with Gasteiger partial charge in [-0.1, -0.05) is 12.1 Å². The number of nitrogens with zero attached hydrogens (tertiary/aromatic N) is 1. The number of ether oxygens (including phenoxy) is 2. The highest BCUT2D eigenvalue weighted by molar-refractivity contribution is 6.06. The quantitative estimate of drug-likeness (QED) is 0.761. The van der Waals surface area contributed by atoms with Crippen molar-refractivity contribution >= 4 is 22.6 Å². The molecule has 6 nitrogen and oxygen atoms in total. The Labute approximate surface area is 145 Å². The van der Waals surface area contributed by atoms with Crippen molar-refractivity contribution in [2.75, 3.05) is 19.0 Å². The number of aromatic amines is 1. The zero-order chi connectivity index (χ0) is 17.2. The second kappa shape index (κ2) is 6.57. The third kappa shape index (κ3) is 3.08. The number of nitrogens with one attached hydrogen (secondary N) is 2. The van der Waals surface area contributed by atoms with Crippen LogP contribution in [0.5, 0.6) is 5.75 Å². The molecule has 1 aliphatic heterocycles. The molecular formula is C19H19N3O3. The fraction of sp³-hybridized carbons (Fsp3) is 0.263. The summed E-state index contributed by atoms with van der Waals surface area (Å²) in [7, 11) is 1.55. The van der Waals surface area contributed by atoms with Gasteiger partial charge in [-0.15, -0.1) is 0 Å². The van der Waals surface area contributed by atoms with Gasteiger partial charge in [0, 0.05) is 12.3 Å². The largest absolute Gasteiger partial charge is 0.496 e. The Bertz CT molecular complexity index is 913. The maximum atomic E-state index is 12.5. The minimum absolute atomic E-state index is 0.0408. The predicted octanol–water partition coefficient (Wildman–Crippen LogP) is 3.68. The van der Waals surface area contributed by atoms with Gasteiger partial charge in [-0.3, -0.25) is 4.79 Å². The average Bonchev–Trinajstić information content (AvgIpc) is 3.30. The standard InChI is InChI=1S/C19H19N3O3/c1-24-16-6-3-2-5-13(16)19(23)20-12-8-9-14-15(11-12)22-18(21-14)17-7-4-10-25-17/h2-3,5-6,8-9,11,17H,4,7,10H2,1H3,(H,20,23)(H,21,22)/t17-/m1/s1. The van der Waals surface area contributed by atoms with Crippen LogP contribution < -0.4 is 10.1 Å². The second-order valence-electron chi connectivity index (χ2n) is 6.01. The molecule has 3 aromatic rings. The monoisotopic (exact) mass is 337 g/mol. The summed E-state index contributed by atoms with van der Waals surface area (Å²) in [5.41, 5.74) is 2.94. The van der Waals surface area contributed by atoms with Gasteiger partial charge in [0.05, 0.1) is 23.7 Å². The highest BCUT2D eigenvalue weighted by Crippen LogP contribution is 2.29. The fourth-order valence-electron chi connectivity index (χ4n) is 3.08. The Hall–Kier alpha value is -2.86. The van der Waals surface area contributed by atoms with Gasteiger partial charge in [0.15, 0.2) is 0 Å². The molecule has 25 heavy (non-hydrogen) atoms. The molecule has 6 heteroatoms. The average molecular weight is 337 g/mol. The predicted molar refractivity (Wildman–Crippen MR) is 95.0 cm³/mol. The van der Waals surface area contributed by atoms with E-state index in [2.05, 4.69) is 15.3 Å². The molecule has 4 rings (SSSR count). The molecular weight excluding hydrogens is 318 g/mol. The van der Waals surface area contributed by atoms with Crippen LogP contribution in [-0.2, 0) is 4.74 Å². The number of anilines is 1. The molecule has 1 aliphatic rings. The molecule has 0 saturated carbocycles. The van der Waals surface area contributed by atoms with Crippen molar-refractivity contribution in [1.29, 1.82) is 0 Å². The van der Waals surface area contributed by atoms with E-state index in [0.29, 0.717) is 17.0 Å². The zero-order valence-corrected chi connectivity index (χ0v) is 13.9.